The van der Waals surface area contributed by atoms with E-state index < -0.39 is 12.0 Å². The first-order chi connectivity index (χ1) is 13.6. The number of aromatic nitrogens is 2. The Morgan fingerprint density at radius 1 is 1.29 bits per heavy atom. The predicted octanol–water partition coefficient (Wildman–Crippen LogP) is 1.97. The topological polar surface area (TPSA) is 115 Å². The molecule has 8 heteroatoms. The van der Waals surface area contributed by atoms with Crippen molar-refractivity contribution in [2.24, 2.45) is 5.10 Å². The third kappa shape index (κ3) is 4.54. The van der Waals surface area contributed by atoms with E-state index in [9.17, 15) is 9.90 Å². The van der Waals surface area contributed by atoms with Crippen LogP contribution in [0, 0.1) is 0 Å². The van der Waals surface area contributed by atoms with Gasteiger partial charge in [0.1, 0.15) is 17.1 Å². The van der Waals surface area contributed by atoms with E-state index in [4.69, 9.17) is 10.5 Å². The zero-order valence-electron chi connectivity index (χ0n) is 15.3. The van der Waals surface area contributed by atoms with Gasteiger partial charge in [-0.3, -0.25) is 4.79 Å². The van der Waals surface area contributed by atoms with E-state index in [1.54, 1.807) is 19.2 Å². The number of hydrazone groups is 1. The summed E-state index contributed by atoms with van der Waals surface area (Å²) in [6.45, 7) is 0.137. The standard InChI is InChI=1S/C20H21N5O3/c1-28-16-9-7-14(8-10-16)11-22-24-20(27)17-12-23-25(19(17)21)13-18(26)15-5-3-2-4-6-15/h2-12,18,26H,13,21H2,1H3,(H,24,27)/b22-11-. The Bertz CT molecular complexity index is 952. The van der Waals surface area contributed by atoms with Crippen molar-refractivity contribution in [1.82, 2.24) is 15.2 Å². The van der Waals surface area contributed by atoms with Gasteiger partial charge >= 0.3 is 0 Å². The predicted molar refractivity (Wildman–Crippen MR) is 106 cm³/mol. The van der Waals surface area contributed by atoms with Crippen LogP contribution in [-0.4, -0.2) is 34.1 Å². The van der Waals surface area contributed by atoms with Crippen molar-refractivity contribution >= 4 is 17.9 Å². The van der Waals surface area contributed by atoms with Gasteiger partial charge in [-0.2, -0.15) is 10.2 Å². The third-order valence-corrected chi connectivity index (χ3v) is 4.15. The monoisotopic (exact) mass is 379 g/mol. The second kappa shape index (κ2) is 8.83. The Labute approximate surface area is 162 Å². The Hall–Kier alpha value is -3.65. The average Bonchev–Trinajstić information content (AvgIpc) is 3.09. The maximum absolute atomic E-state index is 12.3. The minimum Gasteiger partial charge on any atom is -0.497 e. The summed E-state index contributed by atoms with van der Waals surface area (Å²) in [6.07, 6.45) is 2.08. The number of nitrogens with zero attached hydrogens (tertiary/aromatic N) is 3. The van der Waals surface area contributed by atoms with Crippen LogP contribution < -0.4 is 15.9 Å². The van der Waals surface area contributed by atoms with Crippen LogP contribution in [0.3, 0.4) is 0 Å². The summed E-state index contributed by atoms with van der Waals surface area (Å²) in [5.41, 5.74) is 10.2. The van der Waals surface area contributed by atoms with E-state index in [0.29, 0.717) is 0 Å². The van der Waals surface area contributed by atoms with Crippen LogP contribution in [0.2, 0.25) is 0 Å². The zero-order chi connectivity index (χ0) is 19.9. The van der Waals surface area contributed by atoms with Crippen molar-refractivity contribution in [3.8, 4) is 5.75 Å². The smallest absolute Gasteiger partial charge is 0.276 e. The minimum atomic E-state index is -0.785. The highest BCUT2D eigenvalue weighted by Crippen LogP contribution is 2.18. The fraction of sp³-hybridized carbons (Fsp3) is 0.150. The second-order valence-corrected chi connectivity index (χ2v) is 6.02. The highest BCUT2D eigenvalue weighted by atomic mass is 16.5. The number of methoxy groups -OCH3 is 1. The van der Waals surface area contributed by atoms with E-state index in [0.717, 1.165) is 16.9 Å². The lowest BCUT2D eigenvalue weighted by Crippen LogP contribution is -2.19. The van der Waals surface area contributed by atoms with E-state index in [1.165, 1.54) is 17.1 Å². The molecule has 0 radical (unpaired) electrons. The molecule has 0 fully saturated rings. The average molecular weight is 379 g/mol. The molecular weight excluding hydrogens is 358 g/mol. The molecule has 8 nitrogen and oxygen atoms in total. The Morgan fingerprint density at radius 3 is 2.68 bits per heavy atom. The molecule has 0 aliphatic carbocycles. The third-order valence-electron chi connectivity index (χ3n) is 4.15. The molecule has 0 saturated carbocycles. The number of hydrogen-bond acceptors (Lipinski definition) is 6. The van der Waals surface area contributed by atoms with Gasteiger partial charge < -0.3 is 15.6 Å². The number of nitrogen functional groups attached to an aromatic ring is 1. The van der Waals surface area contributed by atoms with Crippen LogP contribution in [0.1, 0.15) is 27.6 Å². The number of aliphatic hydroxyl groups excluding tert-OH is 1. The molecule has 0 aliphatic rings. The first kappa shape index (κ1) is 19.1. The van der Waals surface area contributed by atoms with Gasteiger partial charge in [-0.15, -0.1) is 0 Å². The van der Waals surface area contributed by atoms with Crippen LogP contribution in [0.4, 0.5) is 5.82 Å². The Kier molecular flexibility index (Phi) is 6.03. The molecular formula is C20H21N5O3. The Morgan fingerprint density at radius 2 is 2.00 bits per heavy atom. The number of benzene rings is 2. The number of amides is 1. The number of rotatable bonds is 7. The molecule has 1 amide bonds. The van der Waals surface area contributed by atoms with Gasteiger partial charge in [0, 0.05) is 0 Å². The minimum absolute atomic E-state index is 0.137. The van der Waals surface area contributed by atoms with Crippen LogP contribution in [0.15, 0.2) is 65.9 Å². The van der Waals surface area contributed by atoms with E-state index >= 15 is 0 Å². The lowest BCUT2D eigenvalue weighted by atomic mass is 10.1. The molecule has 0 aliphatic heterocycles. The maximum atomic E-state index is 12.3. The number of anilines is 1. The van der Waals surface area contributed by atoms with E-state index in [2.05, 4.69) is 15.6 Å². The normalized spacial score (nSPS) is 12.1. The first-order valence-electron chi connectivity index (χ1n) is 8.60. The lowest BCUT2D eigenvalue weighted by Gasteiger charge is -2.12. The summed E-state index contributed by atoms with van der Waals surface area (Å²) < 4.78 is 6.47. The SMILES string of the molecule is COc1ccc(/C=N\NC(=O)c2cnn(CC(O)c3ccccc3)c2N)cc1. The molecule has 4 N–H and O–H groups in total. The van der Waals surface area contributed by atoms with Crippen molar-refractivity contribution in [2.75, 3.05) is 12.8 Å². The molecule has 1 heterocycles. The van der Waals surface area contributed by atoms with Crippen molar-refractivity contribution in [2.45, 2.75) is 12.6 Å². The fourth-order valence-electron chi connectivity index (χ4n) is 2.58. The number of carbonyl (C=O) groups is 1. The molecule has 1 aromatic heterocycles. The van der Waals surface area contributed by atoms with Gasteiger partial charge in [0.2, 0.25) is 0 Å². The molecule has 2 aromatic carbocycles. The van der Waals surface area contributed by atoms with Gasteiger partial charge in [-0.1, -0.05) is 30.3 Å². The van der Waals surface area contributed by atoms with Crippen LogP contribution in [0.5, 0.6) is 5.75 Å². The molecule has 28 heavy (non-hydrogen) atoms. The molecule has 1 atom stereocenters. The molecule has 3 rings (SSSR count). The molecule has 0 bridgehead atoms. The van der Waals surface area contributed by atoms with E-state index in [1.807, 2.05) is 42.5 Å². The van der Waals surface area contributed by atoms with Crippen molar-refractivity contribution < 1.29 is 14.6 Å². The maximum Gasteiger partial charge on any atom is 0.276 e. The zero-order valence-corrected chi connectivity index (χ0v) is 15.3. The molecule has 3 aromatic rings. The van der Waals surface area contributed by atoms with Gasteiger partial charge in [0.15, 0.2) is 0 Å². The van der Waals surface area contributed by atoms with Crippen molar-refractivity contribution in [1.29, 1.82) is 0 Å². The number of ether oxygens (including phenoxy) is 1. The second-order valence-electron chi connectivity index (χ2n) is 6.02. The summed E-state index contributed by atoms with van der Waals surface area (Å²) in [4.78, 5) is 12.3. The lowest BCUT2D eigenvalue weighted by molar-refractivity contribution is 0.0955. The van der Waals surface area contributed by atoms with Crippen LogP contribution in [0.25, 0.3) is 0 Å². The first-order valence-corrected chi connectivity index (χ1v) is 8.60. The largest absolute Gasteiger partial charge is 0.497 e. The highest BCUT2D eigenvalue weighted by molar-refractivity contribution is 5.98. The molecule has 0 saturated heterocycles. The van der Waals surface area contributed by atoms with Crippen molar-refractivity contribution in [3.05, 3.63) is 77.5 Å². The van der Waals surface area contributed by atoms with Gasteiger partial charge in [0.05, 0.1) is 32.2 Å². The molecule has 144 valence electrons. The number of aliphatic hydroxyl groups is 1. The van der Waals surface area contributed by atoms with Gasteiger partial charge in [0.25, 0.3) is 5.91 Å². The number of carbonyl (C=O) groups excluding carboxylic acids is 1. The van der Waals surface area contributed by atoms with Gasteiger partial charge in [-0.05, 0) is 35.4 Å². The summed E-state index contributed by atoms with van der Waals surface area (Å²) in [5, 5.41) is 18.3. The number of nitrogens with one attached hydrogen (secondary N) is 1. The van der Waals surface area contributed by atoms with Crippen LogP contribution in [-0.2, 0) is 6.54 Å². The Balaban J connectivity index is 1.62. The highest BCUT2D eigenvalue weighted by Gasteiger charge is 2.17. The molecule has 0 spiro atoms. The summed E-state index contributed by atoms with van der Waals surface area (Å²) >= 11 is 0. The number of nitrogens with two attached hydrogens (primary N) is 1. The fourth-order valence-corrected chi connectivity index (χ4v) is 2.58. The summed E-state index contributed by atoms with van der Waals surface area (Å²) in [5.74, 6) is 0.411. The van der Waals surface area contributed by atoms with E-state index in [-0.39, 0.29) is 17.9 Å². The number of hydrogen-bond donors (Lipinski definition) is 3. The van der Waals surface area contributed by atoms with Gasteiger partial charge in [-0.25, -0.2) is 10.1 Å². The van der Waals surface area contributed by atoms with Crippen molar-refractivity contribution in [3.63, 3.8) is 0 Å². The summed E-state index contributed by atoms with van der Waals surface area (Å²) in [6, 6.07) is 16.4. The summed E-state index contributed by atoms with van der Waals surface area (Å²) in [7, 11) is 1.59. The quantitative estimate of drug-likeness (QED) is 0.429. The van der Waals surface area contributed by atoms with Crippen LogP contribution >= 0.6 is 0 Å². The molecule has 1 unspecified atom stereocenters.